The highest BCUT2D eigenvalue weighted by atomic mass is 32.2. The maximum Gasteiger partial charge on any atom is 0.314 e. The highest BCUT2D eigenvalue weighted by Crippen LogP contribution is 2.26. The van der Waals surface area contributed by atoms with Crippen molar-refractivity contribution in [2.24, 2.45) is 0 Å². The van der Waals surface area contributed by atoms with E-state index in [9.17, 15) is 27.9 Å². The number of H-pyrrole nitrogens is 2. The van der Waals surface area contributed by atoms with E-state index in [-0.39, 0.29) is 21.6 Å². The number of methoxy groups -OCH3 is 1. The summed E-state index contributed by atoms with van der Waals surface area (Å²) in [7, 11) is -2.89. The van der Waals surface area contributed by atoms with Gasteiger partial charge in [-0.15, -0.1) is 0 Å². The minimum atomic E-state index is -4.33. The van der Waals surface area contributed by atoms with E-state index in [1.54, 1.807) is 0 Å². The number of aliphatic carboxylic acids is 1. The zero-order valence-corrected chi connectivity index (χ0v) is 15.3. The van der Waals surface area contributed by atoms with E-state index < -0.39 is 33.7 Å². The third-order valence-corrected chi connectivity index (χ3v) is 5.68. The average molecular weight is 404 g/mol. The lowest BCUT2D eigenvalue weighted by Crippen LogP contribution is -2.41. The van der Waals surface area contributed by atoms with Crippen LogP contribution in [-0.2, 0) is 14.8 Å². The largest absolute Gasteiger partial charge is 0.548 e. The number of nitrogens with one attached hydrogen (secondary N) is 2. The van der Waals surface area contributed by atoms with Crippen LogP contribution in [0.2, 0.25) is 0 Å². The first kappa shape index (κ1) is 19.2. The third-order valence-electron chi connectivity index (χ3n) is 3.91. The fourth-order valence-electron chi connectivity index (χ4n) is 2.56. The first-order valence-electron chi connectivity index (χ1n) is 7.85. The molecular formula is C17H14N3O7S-. The molecule has 0 unspecified atom stereocenters. The molecule has 146 valence electrons. The number of carbonyl (C=O) groups excluding carboxylic acids is 1. The zero-order valence-electron chi connectivity index (χ0n) is 14.5. The number of hydrogen-bond donors (Lipinski definition) is 2. The van der Waals surface area contributed by atoms with Crippen LogP contribution in [0.3, 0.4) is 0 Å². The Morgan fingerprint density at radius 1 is 1.04 bits per heavy atom. The van der Waals surface area contributed by atoms with E-state index in [0.29, 0.717) is 10.1 Å². The van der Waals surface area contributed by atoms with Crippen LogP contribution in [0.15, 0.2) is 56.9 Å². The summed E-state index contributed by atoms with van der Waals surface area (Å²) >= 11 is 0. The van der Waals surface area contributed by atoms with Crippen LogP contribution in [0.4, 0.5) is 5.69 Å². The van der Waals surface area contributed by atoms with Crippen LogP contribution in [0.1, 0.15) is 0 Å². The molecule has 0 fully saturated rings. The Hall–Kier alpha value is -3.60. The molecule has 2 N–H and O–H groups in total. The number of benzene rings is 2. The van der Waals surface area contributed by atoms with Gasteiger partial charge in [-0.3, -0.25) is 13.9 Å². The summed E-state index contributed by atoms with van der Waals surface area (Å²) in [5.41, 5.74) is -1.43. The van der Waals surface area contributed by atoms with Crippen molar-refractivity contribution in [2.45, 2.75) is 4.90 Å². The van der Waals surface area contributed by atoms with Gasteiger partial charge in [0.15, 0.2) is 0 Å². The average Bonchev–Trinajstić information content (AvgIpc) is 2.66. The van der Waals surface area contributed by atoms with Crippen molar-refractivity contribution >= 4 is 32.7 Å². The number of nitrogens with zero attached hydrogens (tertiary/aromatic N) is 1. The zero-order chi connectivity index (χ0) is 20.5. The molecule has 0 spiro atoms. The lowest BCUT2D eigenvalue weighted by atomic mass is 10.3. The van der Waals surface area contributed by atoms with Gasteiger partial charge in [0.2, 0.25) is 0 Å². The number of ether oxygens (including phenoxy) is 1. The van der Waals surface area contributed by atoms with Gasteiger partial charge in [0.25, 0.3) is 10.0 Å². The molecule has 28 heavy (non-hydrogen) atoms. The molecule has 0 aliphatic rings. The fraction of sp³-hybridized carbons (Fsp3) is 0.118. The maximum atomic E-state index is 13.1. The van der Waals surface area contributed by atoms with Crippen LogP contribution in [-0.4, -0.2) is 38.0 Å². The summed E-state index contributed by atoms with van der Waals surface area (Å²) in [5, 5.41) is 11.1. The van der Waals surface area contributed by atoms with Gasteiger partial charge in [0.05, 0.1) is 41.2 Å². The van der Waals surface area contributed by atoms with Gasteiger partial charge in [-0.25, -0.2) is 8.42 Å². The number of aromatic amines is 2. The van der Waals surface area contributed by atoms with Crippen molar-refractivity contribution in [1.82, 2.24) is 9.97 Å². The van der Waals surface area contributed by atoms with Gasteiger partial charge in [0.1, 0.15) is 5.75 Å². The second-order valence-corrected chi connectivity index (χ2v) is 7.56. The minimum absolute atomic E-state index is 0.0776. The van der Waals surface area contributed by atoms with Gasteiger partial charge in [-0.1, -0.05) is 0 Å². The monoisotopic (exact) mass is 404 g/mol. The Morgan fingerprint density at radius 3 is 2.21 bits per heavy atom. The fourth-order valence-corrected chi connectivity index (χ4v) is 4.00. The summed E-state index contributed by atoms with van der Waals surface area (Å²) in [6.07, 6.45) is 0. The number of carbonyl (C=O) groups is 1. The molecule has 0 radical (unpaired) electrons. The molecule has 0 aliphatic carbocycles. The van der Waals surface area contributed by atoms with E-state index in [2.05, 4.69) is 9.97 Å². The predicted octanol–water partition coefficient (Wildman–Crippen LogP) is -0.830. The van der Waals surface area contributed by atoms with Crippen molar-refractivity contribution in [3.63, 3.8) is 0 Å². The Balaban J connectivity index is 2.13. The van der Waals surface area contributed by atoms with Crippen LogP contribution in [0.25, 0.3) is 11.0 Å². The molecular weight excluding hydrogens is 390 g/mol. The van der Waals surface area contributed by atoms with E-state index in [4.69, 9.17) is 4.74 Å². The van der Waals surface area contributed by atoms with Crippen LogP contribution in [0.5, 0.6) is 5.75 Å². The van der Waals surface area contributed by atoms with E-state index >= 15 is 0 Å². The topological polar surface area (TPSA) is 152 Å². The van der Waals surface area contributed by atoms with Crippen molar-refractivity contribution in [1.29, 1.82) is 0 Å². The summed E-state index contributed by atoms with van der Waals surface area (Å²) in [4.78, 5) is 38.3. The Labute approximate surface area is 158 Å². The van der Waals surface area contributed by atoms with Crippen molar-refractivity contribution in [3.8, 4) is 5.75 Å². The van der Waals surface area contributed by atoms with Crippen LogP contribution >= 0.6 is 0 Å². The van der Waals surface area contributed by atoms with Crippen molar-refractivity contribution in [3.05, 3.63) is 63.2 Å². The van der Waals surface area contributed by atoms with Gasteiger partial charge in [0, 0.05) is 0 Å². The lowest BCUT2D eigenvalue weighted by Gasteiger charge is -2.25. The first-order chi connectivity index (χ1) is 13.2. The van der Waals surface area contributed by atoms with Crippen molar-refractivity contribution < 1.29 is 23.1 Å². The molecule has 0 amide bonds. The van der Waals surface area contributed by atoms with Crippen LogP contribution < -0.4 is 25.3 Å². The summed E-state index contributed by atoms with van der Waals surface area (Å²) < 4.78 is 31.8. The molecule has 3 aromatic rings. The Kier molecular flexibility index (Phi) is 4.92. The molecule has 0 aliphatic heterocycles. The first-order valence-corrected chi connectivity index (χ1v) is 9.29. The third kappa shape index (κ3) is 3.60. The molecule has 3 rings (SSSR count). The van der Waals surface area contributed by atoms with E-state index in [1.807, 2.05) is 0 Å². The quantitative estimate of drug-likeness (QED) is 0.509. The van der Waals surface area contributed by atoms with Crippen molar-refractivity contribution in [2.75, 3.05) is 18.0 Å². The highest BCUT2D eigenvalue weighted by Gasteiger charge is 2.25. The number of carboxylic acids is 1. The number of rotatable bonds is 6. The molecule has 0 atom stereocenters. The highest BCUT2D eigenvalue weighted by molar-refractivity contribution is 7.92. The van der Waals surface area contributed by atoms with E-state index in [1.165, 1.54) is 43.5 Å². The second kappa shape index (κ2) is 7.19. The minimum Gasteiger partial charge on any atom is -0.548 e. The van der Waals surface area contributed by atoms with E-state index in [0.717, 1.165) is 6.07 Å². The lowest BCUT2D eigenvalue weighted by molar-refractivity contribution is -0.303. The molecule has 2 aromatic carbocycles. The smallest absolute Gasteiger partial charge is 0.314 e. The SMILES string of the molecule is COc1ccc(N(CC(=O)[O-])S(=O)(=O)c2ccc3[nH]c(=O)c(=O)[nH]c3c2)cc1. The van der Waals surface area contributed by atoms with Gasteiger partial charge < -0.3 is 24.6 Å². The molecule has 0 saturated carbocycles. The number of hydrogen-bond acceptors (Lipinski definition) is 7. The number of carboxylic acid groups (broad SMARTS) is 1. The summed E-state index contributed by atoms with van der Waals surface area (Å²) in [5.74, 6) is -1.14. The molecule has 11 heteroatoms. The Bertz CT molecular complexity index is 1260. The summed E-state index contributed by atoms with van der Waals surface area (Å²) in [6, 6.07) is 9.36. The van der Waals surface area contributed by atoms with Gasteiger partial charge >= 0.3 is 11.1 Å². The molecule has 1 aromatic heterocycles. The maximum absolute atomic E-state index is 13.1. The molecule has 1 heterocycles. The standard InChI is InChI=1S/C17H15N3O7S/c1-27-11-4-2-10(3-5-11)20(9-15(21)22)28(25,26)12-6-7-13-14(8-12)19-17(24)16(23)18-13/h2-8H,9H2,1H3,(H,18,23)(H,19,24)(H,21,22)/p-1. The molecule has 0 saturated heterocycles. The predicted molar refractivity (Wildman–Crippen MR) is 97.7 cm³/mol. The number of aromatic nitrogens is 2. The second-order valence-electron chi connectivity index (χ2n) is 5.70. The van der Waals surface area contributed by atoms with Gasteiger partial charge in [-0.2, -0.15) is 0 Å². The normalized spacial score (nSPS) is 11.3. The molecule has 10 nitrogen and oxygen atoms in total. The summed E-state index contributed by atoms with van der Waals surface area (Å²) in [6.45, 7) is -0.922. The number of fused-ring (bicyclic) bond motifs is 1. The number of sulfonamides is 1. The van der Waals surface area contributed by atoms with Gasteiger partial charge in [-0.05, 0) is 42.5 Å². The van der Waals surface area contributed by atoms with Crippen LogP contribution in [0, 0.1) is 0 Å². The molecule has 0 bridgehead atoms. The number of anilines is 1. The Morgan fingerprint density at radius 2 is 1.64 bits per heavy atom.